The number of para-hydroxylation sites is 1. The number of nitrogens with one attached hydrogen (secondary N) is 2. The van der Waals surface area contributed by atoms with E-state index in [-0.39, 0.29) is 30.2 Å². The predicted molar refractivity (Wildman–Crippen MR) is 122 cm³/mol. The van der Waals surface area contributed by atoms with E-state index in [1.54, 1.807) is 11.3 Å². The van der Waals surface area contributed by atoms with E-state index in [1.807, 2.05) is 71.4 Å². The number of fused-ring (bicyclic) bond motifs is 1. The first-order chi connectivity index (χ1) is 15.3. The van der Waals surface area contributed by atoms with E-state index in [2.05, 4.69) is 22.5 Å². The minimum atomic E-state index is -0.269. The molecule has 2 saturated heterocycles. The average molecular weight is 431 g/mol. The molecule has 1 aromatic heterocycles. The molecule has 0 bridgehead atoms. The van der Waals surface area contributed by atoms with Gasteiger partial charge in [-0.2, -0.15) is 11.3 Å². The molecule has 0 saturated carbocycles. The summed E-state index contributed by atoms with van der Waals surface area (Å²) in [5.41, 5.74) is 3.79. The summed E-state index contributed by atoms with van der Waals surface area (Å²) >= 11 is 1.63. The van der Waals surface area contributed by atoms with E-state index in [1.165, 1.54) is 0 Å². The second-order valence-electron chi connectivity index (χ2n) is 7.60. The first-order valence-corrected chi connectivity index (χ1v) is 11.2. The normalized spacial score (nSPS) is 24.1. The maximum atomic E-state index is 12.7. The molecular formula is C25H22N2O3S. The van der Waals surface area contributed by atoms with Gasteiger partial charge in [0.1, 0.15) is 12.2 Å². The smallest absolute Gasteiger partial charge is 0.319 e. The Labute approximate surface area is 185 Å². The van der Waals surface area contributed by atoms with Crippen molar-refractivity contribution >= 4 is 23.1 Å². The molecule has 0 aliphatic carbocycles. The largest absolute Gasteiger partial charge is 0.372 e. The Balaban J connectivity index is 1.23. The number of hydrogen-bond acceptors (Lipinski definition) is 4. The maximum Gasteiger partial charge on any atom is 0.319 e. The Bertz CT molecular complexity index is 1100. The van der Waals surface area contributed by atoms with Crippen molar-refractivity contribution in [2.45, 2.75) is 18.2 Å². The van der Waals surface area contributed by atoms with Gasteiger partial charge >= 0.3 is 6.03 Å². The molecule has 0 radical (unpaired) electrons. The van der Waals surface area contributed by atoms with Crippen LogP contribution in [0, 0.1) is 17.8 Å². The third kappa shape index (κ3) is 4.35. The van der Waals surface area contributed by atoms with Crippen molar-refractivity contribution < 1.29 is 14.3 Å². The highest BCUT2D eigenvalue weighted by molar-refractivity contribution is 7.08. The molecule has 4 atom stereocenters. The third-order valence-corrected chi connectivity index (χ3v) is 6.24. The maximum absolute atomic E-state index is 12.7. The number of thiophene rings is 1. The molecule has 0 spiro atoms. The summed E-state index contributed by atoms with van der Waals surface area (Å²) in [6.07, 6.45) is -0.301. The number of rotatable bonds is 3. The second kappa shape index (κ2) is 8.94. The van der Waals surface area contributed by atoms with Crippen LogP contribution in [0.5, 0.6) is 0 Å². The molecule has 2 aliphatic rings. The van der Waals surface area contributed by atoms with E-state index < -0.39 is 0 Å². The molecule has 3 heterocycles. The van der Waals surface area contributed by atoms with Crippen molar-refractivity contribution in [2.75, 3.05) is 18.5 Å². The van der Waals surface area contributed by atoms with Crippen LogP contribution in [0.4, 0.5) is 10.5 Å². The number of carbonyl (C=O) groups is 1. The number of anilines is 1. The number of hydrogen-bond donors (Lipinski definition) is 2. The molecule has 6 heteroatoms. The van der Waals surface area contributed by atoms with E-state index in [4.69, 9.17) is 9.47 Å². The Morgan fingerprint density at radius 3 is 2.61 bits per heavy atom. The highest BCUT2D eigenvalue weighted by Gasteiger charge is 2.47. The number of benzene rings is 2. The van der Waals surface area contributed by atoms with Crippen LogP contribution in [0.25, 0.3) is 11.1 Å². The minimum absolute atomic E-state index is 0.0126. The van der Waals surface area contributed by atoms with Gasteiger partial charge in [-0.15, -0.1) is 0 Å². The summed E-state index contributed by atoms with van der Waals surface area (Å²) in [6.45, 7) is 0.933. The first kappa shape index (κ1) is 19.8. The molecule has 2 amide bonds. The van der Waals surface area contributed by atoms with Crippen molar-refractivity contribution in [2.24, 2.45) is 5.92 Å². The minimum Gasteiger partial charge on any atom is -0.372 e. The third-order valence-electron chi connectivity index (χ3n) is 5.55. The van der Waals surface area contributed by atoms with Crippen LogP contribution in [0.15, 0.2) is 71.4 Å². The lowest BCUT2D eigenvalue weighted by Crippen LogP contribution is -2.45. The van der Waals surface area contributed by atoms with Gasteiger partial charge in [0.2, 0.25) is 0 Å². The van der Waals surface area contributed by atoms with Crippen molar-refractivity contribution in [3.8, 4) is 23.0 Å². The summed E-state index contributed by atoms with van der Waals surface area (Å²) in [6, 6.07) is 19.3. The molecule has 2 aromatic carbocycles. The number of ether oxygens (including phenoxy) is 2. The molecule has 2 fully saturated rings. The fourth-order valence-electron chi connectivity index (χ4n) is 4.05. The Morgan fingerprint density at radius 2 is 1.77 bits per heavy atom. The number of carbonyl (C=O) groups excluding carboxylic acids is 1. The summed E-state index contributed by atoms with van der Waals surface area (Å²) in [4.78, 5) is 12.7. The summed E-state index contributed by atoms with van der Waals surface area (Å²) < 4.78 is 11.9. The predicted octanol–water partition coefficient (Wildman–Crippen LogP) is 4.37. The molecule has 5 nitrogen and oxygen atoms in total. The molecule has 31 heavy (non-hydrogen) atoms. The monoisotopic (exact) mass is 430 g/mol. The lowest BCUT2D eigenvalue weighted by molar-refractivity contribution is 0.0666. The molecule has 5 rings (SSSR count). The van der Waals surface area contributed by atoms with Gasteiger partial charge < -0.3 is 20.1 Å². The van der Waals surface area contributed by atoms with Gasteiger partial charge in [-0.05, 0) is 23.1 Å². The fraction of sp³-hybridized carbons (Fsp3) is 0.240. The zero-order chi connectivity index (χ0) is 21.0. The lowest BCUT2D eigenvalue weighted by Gasteiger charge is -2.19. The van der Waals surface area contributed by atoms with E-state index in [9.17, 15) is 4.79 Å². The quantitative estimate of drug-likeness (QED) is 0.607. The van der Waals surface area contributed by atoms with Gasteiger partial charge in [-0.1, -0.05) is 60.4 Å². The van der Waals surface area contributed by atoms with Gasteiger partial charge in [0.25, 0.3) is 0 Å². The van der Waals surface area contributed by atoms with Gasteiger partial charge in [0, 0.05) is 16.5 Å². The van der Waals surface area contributed by atoms with Crippen LogP contribution >= 0.6 is 11.3 Å². The zero-order valence-electron chi connectivity index (χ0n) is 16.8. The molecule has 2 aliphatic heterocycles. The standard InChI is InChI=1S/C25H22N2O3S/c28-25(26-21-9-5-4-8-20(21)18-6-2-1-3-7-18)27-22-15-30-23-19(14-29-24(22)23)11-10-17-12-13-31-16-17/h1-9,12-13,16,19,22-24H,14-15H2,(H2,26,27,28)/t19-,22-,23+,24+/m0/s1. The topological polar surface area (TPSA) is 59.6 Å². The van der Waals surface area contributed by atoms with Gasteiger partial charge in [-0.25, -0.2) is 4.79 Å². The van der Waals surface area contributed by atoms with Crippen molar-refractivity contribution in [3.05, 3.63) is 77.0 Å². The zero-order valence-corrected chi connectivity index (χ0v) is 17.6. The molecule has 0 unspecified atom stereocenters. The summed E-state index contributed by atoms with van der Waals surface area (Å²) in [7, 11) is 0. The van der Waals surface area contributed by atoms with Crippen LogP contribution in [0.1, 0.15) is 5.56 Å². The van der Waals surface area contributed by atoms with Gasteiger partial charge in [0.15, 0.2) is 0 Å². The molecular weight excluding hydrogens is 408 g/mol. The molecule has 156 valence electrons. The fourth-order valence-corrected chi connectivity index (χ4v) is 4.63. The van der Waals surface area contributed by atoms with E-state index in [0.717, 1.165) is 22.4 Å². The highest BCUT2D eigenvalue weighted by atomic mass is 32.1. The molecule has 3 aromatic rings. The lowest BCUT2D eigenvalue weighted by atomic mass is 10.0. The molecule has 2 N–H and O–H groups in total. The van der Waals surface area contributed by atoms with Crippen LogP contribution in [0.2, 0.25) is 0 Å². The Hall–Kier alpha value is -3.11. The van der Waals surface area contributed by atoms with Gasteiger partial charge in [0.05, 0.1) is 30.9 Å². The van der Waals surface area contributed by atoms with Gasteiger partial charge in [-0.3, -0.25) is 0 Å². The van der Waals surface area contributed by atoms with Crippen LogP contribution in [-0.4, -0.2) is 37.5 Å². The number of amides is 2. The first-order valence-electron chi connectivity index (χ1n) is 10.3. The van der Waals surface area contributed by atoms with Crippen molar-refractivity contribution in [1.82, 2.24) is 5.32 Å². The van der Waals surface area contributed by atoms with Crippen LogP contribution in [0.3, 0.4) is 0 Å². The van der Waals surface area contributed by atoms with Crippen molar-refractivity contribution in [1.29, 1.82) is 0 Å². The van der Waals surface area contributed by atoms with E-state index in [0.29, 0.717) is 13.2 Å². The Morgan fingerprint density at radius 1 is 0.968 bits per heavy atom. The summed E-state index contributed by atoms with van der Waals surface area (Å²) in [5.74, 6) is 6.48. The SMILES string of the molecule is O=C(Nc1ccccc1-c1ccccc1)N[C@H]1CO[C@H]2[C@@H]1OC[C@@H]2C#Cc1ccsc1. The van der Waals surface area contributed by atoms with Crippen LogP contribution < -0.4 is 10.6 Å². The summed E-state index contributed by atoms with van der Waals surface area (Å²) in [5, 5.41) is 10.0. The van der Waals surface area contributed by atoms with Crippen LogP contribution in [-0.2, 0) is 9.47 Å². The van der Waals surface area contributed by atoms with E-state index >= 15 is 0 Å². The number of urea groups is 1. The average Bonchev–Trinajstić information content (AvgIpc) is 3.53. The highest BCUT2D eigenvalue weighted by Crippen LogP contribution is 2.31. The Kier molecular flexibility index (Phi) is 5.72. The van der Waals surface area contributed by atoms with Crippen molar-refractivity contribution in [3.63, 3.8) is 0 Å². The second-order valence-corrected chi connectivity index (χ2v) is 8.38.